The zero-order valence-electron chi connectivity index (χ0n) is 16.6. The average molecular weight is 412 g/mol. The quantitative estimate of drug-likeness (QED) is 0.654. The van der Waals surface area contributed by atoms with E-state index in [0.717, 1.165) is 62.9 Å². The zero-order valence-corrected chi connectivity index (χ0v) is 17.4. The smallest absolute Gasteiger partial charge is 0.237 e. The normalized spacial score (nSPS) is 20.7. The van der Waals surface area contributed by atoms with E-state index >= 15 is 0 Å². The van der Waals surface area contributed by atoms with Crippen molar-refractivity contribution in [2.24, 2.45) is 0 Å². The average Bonchev–Trinajstić information content (AvgIpc) is 3.49. The van der Waals surface area contributed by atoms with Gasteiger partial charge >= 0.3 is 0 Å². The van der Waals surface area contributed by atoms with Crippen LogP contribution >= 0.6 is 11.3 Å². The van der Waals surface area contributed by atoms with Gasteiger partial charge in [-0.05, 0) is 43.3 Å². The number of aromatic nitrogens is 4. The number of anilines is 1. The molecule has 152 valence electrons. The van der Waals surface area contributed by atoms with Crippen LogP contribution in [0.1, 0.15) is 29.6 Å². The SMILES string of the molecule is Cc1nnc2ccc(N3CCN(CC(=O)N4CCCC4c4cccs4)CC3)nn12. The van der Waals surface area contributed by atoms with Crippen LogP contribution in [0.2, 0.25) is 0 Å². The Morgan fingerprint density at radius 1 is 1.14 bits per heavy atom. The number of aryl methyl sites for hydroxylation is 1. The Morgan fingerprint density at radius 2 is 2.00 bits per heavy atom. The van der Waals surface area contributed by atoms with E-state index in [1.807, 2.05) is 19.1 Å². The van der Waals surface area contributed by atoms with Crippen molar-refractivity contribution >= 4 is 28.7 Å². The molecule has 2 aliphatic heterocycles. The Balaban J connectivity index is 1.19. The highest BCUT2D eigenvalue weighted by Gasteiger charge is 2.32. The Morgan fingerprint density at radius 3 is 2.79 bits per heavy atom. The van der Waals surface area contributed by atoms with Crippen LogP contribution < -0.4 is 4.90 Å². The molecule has 0 aromatic carbocycles. The molecule has 5 rings (SSSR count). The third-order valence-electron chi connectivity index (χ3n) is 5.90. The number of likely N-dealkylation sites (tertiary alicyclic amines) is 1. The number of thiophene rings is 1. The van der Waals surface area contributed by atoms with Gasteiger partial charge in [-0.1, -0.05) is 6.07 Å². The molecule has 2 fully saturated rings. The molecule has 9 heteroatoms. The summed E-state index contributed by atoms with van der Waals surface area (Å²) in [6, 6.07) is 8.46. The highest BCUT2D eigenvalue weighted by molar-refractivity contribution is 7.10. The van der Waals surface area contributed by atoms with Gasteiger partial charge in [-0.2, -0.15) is 4.52 Å². The van der Waals surface area contributed by atoms with Crippen molar-refractivity contribution in [2.75, 3.05) is 44.2 Å². The predicted octanol–water partition coefficient (Wildman–Crippen LogP) is 1.98. The third-order valence-corrected chi connectivity index (χ3v) is 6.88. The van der Waals surface area contributed by atoms with Crippen molar-refractivity contribution in [3.8, 4) is 0 Å². The van der Waals surface area contributed by atoms with Gasteiger partial charge in [-0.3, -0.25) is 9.69 Å². The van der Waals surface area contributed by atoms with Crippen LogP contribution in [0.4, 0.5) is 5.82 Å². The van der Waals surface area contributed by atoms with Gasteiger partial charge in [-0.15, -0.1) is 26.6 Å². The Kier molecular flexibility index (Phi) is 4.92. The molecular weight excluding hydrogens is 386 g/mol. The molecule has 0 radical (unpaired) electrons. The Labute approximate surface area is 173 Å². The van der Waals surface area contributed by atoms with E-state index in [9.17, 15) is 4.79 Å². The topological polar surface area (TPSA) is 69.9 Å². The largest absolute Gasteiger partial charge is 0.353 e. The standard InChI is InChI=1S/C20H25N7OS/c1-15-21-22-18-6-7-19(23-27(15)18)25-11-9-24(10-12-25)14-20(28)26-8-2-4-16(26)17-5-3-13-29-17/h3,5-7,13,16H,2,4,8-12,14H2,1H3. The zero-order chi connectivity index (χ0) is 19.8. The van der Waals surface area contributed by atoms with Gasteiger partial charge in [0.1, 0.15) is 5.82 Å². The van der Waals surface area contributed by atoms with E-state index in [1.165, 1.54) is 4.88 Å². The molecule has 0 N–H and O–H groups in total. The van der Waals surface area contributed by atoms with Gasteiger partial charge < -0.3 is 9.80 Å². The van der Waals surface area contributed by atoms with Crippen molar-refractivity contribution < 1.29 is 4.79 Å². The highest BCUT2D eigenvalue weighted by atomic mass is 32.1. The van der Waals surface area contributed by atoms with Crippen LogP contribution in [-0.4, -0.2) is 74.8 Å². The molecule has 2 saturated heterocycles. The number of nitrogens with zero attached hydrogens (tertiary/aromatic N) is 7. The summed E-state index contributed by atoms with van der Waals surface area (Å²) in [5, 5.41) is 14.9. The molecule has 29 heavy (non-hydrogen) atoms. The first kappa shape index (κ1) is 18.5. The van der Waals surface area contributed by atoms with Crippen LogP contribution in [0, 0.1) is 6.92 Å². The number of rotatable bonds is 4. The third kappa shape index (κ3) is 3.60. The summed E-state index contributed by atoms with van der Waals surface area (Å²) in [7, 11) is 0. The molecule has 0 saturated carbocycles. The van der Waals surface area contributed by atoms with Crippen molar-refractivity contribution in [3.63, 3.8) is 0 Å². The van der Waals surface area contributed by atoms with Crippen LogP contribution in [0.25, 0.3) is 5.65 Å². The molecule has 0 spiro atoms. The molecule has 3 aromatic rings. The molecule has 0 aliphatic carbocycles. The summed E-state index contributed by atoms with van der Waals surface area (Å²) in [5.41, 5.74) is 0.765. The first-order valence-corrected chi connectivity index (χ1v) is 11.1. The minimum atomic E-state index is 0.258. The second-order valence-corrected chi connectivity index (χ2v) is 8.71. The monoisotopic (exact) mass is 411 g/mol. The van der Waals surface area contributed by atoms with Crippen molar-refractivity contribution in [1.82, 2.24) is 29.6 Å². The lowest BCUT2D eigenvalue weighted by Crippen LogP contribution is -2.50. The number of carbonyl (C=O) groups excluding carboxylic acids is 1. The van der Waals surface area contributed by atoms with Crippen LogP contribution in [-0.2, 0) is 4.79 Å². The lowest BCUT2D eigenvalue weighted by molar-refractivity contribution is -0.133. The lowest BCUT2D eigenvalue weighted by atomic mass is 10.2. The maximum absolute atomic E-state index is 13.0. The minimum Gasteiger partial charge on any atom is -0.353 e. The molecule has 3 aromatic heterocycles. The van der Waals surface area contributed by atoms with E-state index in [1.54, 1.807) is 15.9 Å². The second-order valence-electron chi connectivity index (χ2n) is 7.73. The molecule has 0 bridgehead atoms. The van der Waals surface area contributed by atoms with Gasteiger partial charge in [-0.25, -0.2) is 0 Å². The van der Waals surface area contributed by atoms with E-state index < -0.39 is 0 Å². The summed E-state index contributed by atoms with van der Waals surface area (Å²) >= 11 is 1.76. The van der Waals surface area contributed by atoms with Crippen molar-refractivity contribution in [1.29, 1.82) is 0 Å². The van der Waals surface area contributed by atoms with E-state index in [-0.39, 0.29) is 11.9 Å². The summed E-state index contributed by atoms with van der Waals surface area (Å²) in [6.07, 6.45) is 2.18. The van der Waals surface area contributed by atoms with Gasteiger partial charge in [0.2, 0.25) is 5.91 Å². The van der Waals surface area contributed by atoms with E-state index in [4.69, 9.17) is 0 Å². The van der Waals surface area contributed by atoms with Crippen molar-refractivity contribution in [3.05, 3.63) is 40.3 Å². The summed E-state index contributed by atoms with van der Waals surface area (Å²) in [6.45, 7) is 6.75. The van der Waals surface area contributed by atoms with Gasteiger partial charge in [0.15, 0.2) is 11.5 Å². The number of amides is 1. The number of fused-ring (bicyclic) bond motifs is 1. The summed E-state index contributed by atoms with van der Waals surface area (Å²) < 4.78 is 1.78. The first-order chi connectivity index (χ1) is 14.2. The van der Waals surface area contributed by atoms with Crippen LogP contribution in [0.3, 0.4) is 0 Å². The fourth-order valence-corrected chi connectivity index (χ4v) is 5.19. The van der Waals surface area contributed by atoms with E-state index in [2.05, 4.69) is 47.5 Å². The molecule has 1 unspecified atom stereocenters. The van der Waals surface area contributed by atoms with Gasteiger partial charge in [0.25, 0.3) is 0 Å². The van der Waals surface area contributed by atoms with Crippen molar-refractivity contribution in [2.45, 2.75) is 25.8 Å². The van der Waals surface area contributed by atoms with Crippen LogP contribution in [0.5, 0.6) is 0 Å². The number of hydrogen-bond acceptors (Lipinski definition) is 7. The Bertz CT molecular complexity index is 994. The lowest BCUT2D eigenvalue weighted by Gasteiger charge is -2.36. The van der Waals surface area contributed by atoms with Crippen LogP contribution in [0.15, 0.2) is 29.6 Å². The minimum absolute atomic E-state index is 0.258. The summed E-state index contributed by atoms with van der Waals surface area (Å²) in [4.78, 5) is 20.9. The second kappa shape index (κ2) is 7.72. The first-order valence-electron chi connectivity index (χ1n) is 10.2. The fraction of sp³-hybridized carbons (Fsp3) is 0.500. The molecule has 2 aliphatic rings. The highest BCUT2D eigenvalue weighted by Crippen LogP contribution is 2.34. The van der Waals surface area contributed by atoms with Gasteiger partial charge in [0.05, 0.1) is 12.6 Å². The molecular formula is C20H25N7OS. The fourth-order valence-electron chi connectivity index (χ4n) is 4.31. The van der Waals surface area contributed by atoms with E-state index in [0.29, 0.717) is 6.54 Å². The molecule has 8 nitrogen and oxygen atoms in total. The van der Waals surface area contributed by atoms with Gasteiger partial charge in [0, 0.05) is 37.6 Å². The Hall–Kier alpha value is -2.52. The predicted molar refractivity (Wildman–Crippen MR) is 112 cm³/mol. The number of carbonyl (C=O) groups is 1. The maximum Gasteiger partial charge on any atom is 0.237 e. The number of hydrogen-bond donors (Lipinski definition) is 0. The molecule has 1 amide bonds. The number of piperazine rings is 1. The molecule has 5 heterocycles. The maximum atomic E-state index is 13.0. The summed E-state index contributed by atoms with van der Waals surface area (Å²) in [5.74, 6) is 1.98. The molecule has 1 atom stereocenters.